The number of carbonyl (C=O) groups excluding carboxylic acids is 1. The minimum absolute atomic E-state index is 0.0831. The molecule has 5 heteroatoms. The van der Waals surface area contributed by atoms with Gasteiger partial charge in [0, 0.05) is 18.7 Å². The molecule has 3 aromatic carbocycles. The number of hydrogen-bond donors (Lipinski definition) is 0. The van der Waals surface area contributed by atoms with Gasteiger partial charge in [-0.3, -0.25) is 4.79 Å². The third-order valence-electron chi connectivity index (χ3n) is 4.83. The predicted octanol–water partition coefficient (Wildman–Crippen LogP) is 4.58. The van der Waals surface area contributed by atoms with Crippen LogP contribution in [0, 0.1) is 0 Å². The Balaban J connectivity index is 1.57. The summed E-state index contributed by atoms with van der Waals surface area (Å²) >= 11 is 0. The van der Waals surface area contributed by atoms with Crippen molar-refractivity contribution in [3.63, 3.8) is 0 Å². The molecule has 1 aliphatic heterocycles. The molecule has 29 heavy (non-hydrogen) atoms. The number of nitrogens with zero attached hydrogens (tertiary/aromatic N) is 1. The fourth-order valence-corrected chi connectivity index (χ4v) is 3.30. The zero-order valence-electron chi connectivity index (χ0n) is 16.3. The van der Waals surface area contributed by atoms with Crippen LogP contribution in [0.15, 0.2) is 78.9 Å². The summed E-state index contributed by atoms with van der Waals surface area (Å²) in [5.74, 6) is 2.03. The molecule has 1 atom stereocenters. The van der Waals surface area contributed by atoms with Crippen molar-refractivity contribution in [1.29, 1.82) is 0 Å². The van der Waals surface area contributed by atoms with E-state index in [1.165, 1.54) is 0 Å². The van der Waals surface area contributed by atoms with Gasteiger partial charge in [0.15, 0.2) is 11.5 Å². The first-order valence-corrected chi connectivity index (χ1v) is 9.68. The van der Waals surface area contributed by atoms with Gasteiger partial charge in [0.2, 0.25) is 12.9 Å². The van der Waals surface area contributed by atoms with Crippen molar-refractivity contribution in [3.8, 4) is 17.2 Å². The number of para-hydroxylation sites is 1. The normalized spacial score (nSPS) is 13.0. The zero-order valence-corrected chi connectivity index (χ0v) is 16.3. The van der Waals surface area contributed by atoms with Gasteiger partial charge in [-0.15, -0.1) is 0 Å². The lowest BCUT2D eigenvalue weighted by atomic mass is 10.1. The zero-order chi connectivity index (χ0) is 20.1. The lowest BCUT2D eigenvalue weighted by Crippen LogP contribution is -2.36. The van der Waals surface area contributed by atoms with Crippen LogP contribution in [0.4, 0.5) is 0 Å². The van der Waals surface area contributed by atoms with Gasteiger partial charge >= 0.3 is 0 Å². The van der Waals surface area contributed by atoms with E-state index >= 15 is 0 Å². The first-order valence-electron chi connectivity index (χ1n) is 9.68. The minimum Gasteiger partial charge on any atom is -0.476 e. The van der Waals surface area contributed by atoms with Crippen LogP contribution in [0.2, 0.25) is 0 Å². The highest BCUT2D eigenvalue weighted by atomic mass is 16.7. The van der Waals surface area contributed by atoms with E-state index in [-0.39, 0.29) is 12.7 Å². The molecule has 0 N–H and O–H groups in total. The summed E-state index contributed by atoms with van der Waals surface area (Å²) in [5, 5.41) is 0. The number of fused-ring (bicyclic) bond motifs is 1. The Morgan fingerprint density at radius 3 is 2.38 bits per heavy atom. The van der Waals surface area contributed by atoms with E-state index in [9.17, 15) is 4.79 Å². The van der Waals surface area contributed by atoms with Crippen molar-refractivity contribution in [2.24, 2.45) is 0 Å². The summed E-state index contributed by atoms with van der Waals surface area (Å²) < 4.78 is 17.0. The van der Waals surface area contributed by atoms with E-state index in [1.54, 1.807) is 4.90 Å². The molecule has 0 bridgehead atoms. The third-order valence-corrected chi connectivity index (χ3v) is 4.83. The number of amides is 1. The van der Waals surface area contributed by atoms with Gasteiger partial charge in [0.05, 0.1) is 0 Å². The molecule has 0 radical (unpaired) electrons. The summed E-state index contributed by atoms with van der Waals surface area (Å²) in [4.78, 5) is 15.3. The fraction of sp³-hybridized carbons (Fsp3) is 0.208. The molecule has 3 aromatic rings. The number of rotatable bonds is 7. The fourth-order valence-electron chi connectivity index (χ4n) is 3.30. The predicted molar refractivity (Wildman–Crippen MR) is 110 cm³/mol. The van der Waals surface area contributed by atoms with Gasteiger partial charge in [-0.25, -0.2) is 0 Å². The summed E-state index contributed by atoms with van der Waals surface area (Å²) in [7, 11) is 0. The second kappa shape index (κ2) is 8.69. The van der Waals surface area contributed by atoms with Gasteiger partial charge in [0.1, 0.15) is 5.75 Å². The van der Waals surface area contributed by atoms with Crippen LogP contribution < -0.4 is 14.2 Å². The van der Waals surface area contributed by atoms with E-state index in [0.717, 1.165) is 16.9 Å². The highest BCUT2D eigenvalue weighted by Crippen LogP contribution is 2.33. The van der Waals surface area contributed by atoms with Crippen molar-refractivity contribution < 1.29 is 19.0 Å². The summed E-state index contributed by atoms with van der Waals surface area (Å²) in [6, 6.07) is 24.8. The lowest BCUT2D eigenvalue weighted by molar-refractivity contribution is -0.139. The Kier molecular flexibility index (Phi) is 5.66. The molecule has 0 saturated heterocycles. The summed E-state index contributed by atoms with van der Waals surface area (Å²) in [6.45, 7) is 3.23. The molecule has 148 valence electrons. The van der Waals surface area contributed by atoms with Crippen LogP contribution in [0.1, 0.15) is 24.2 Å². The number of likely N-dealkylation sites (N-methyl/N-ethyl adjacent to an activating group) is 1. The number of ether oxygens (including phenoxy) is 3. The Bertz CT molecular complexity index is 959. The smallest absolute Gasteiger partial charge is 0.268 e. The quantitative estimate of drug-likeness (QED) is 0.593. The lowest BCUT2D eigenvalue weighted by Gasteiger charge is -2.27. The summed E-state index contributed by atoms with van der Waals surface area (Å²) in [5.41, 5.74) is 1.81. The topological polar surface area (TPSA) is 48.0 Å². The molecule has 1 heterocycles. The molecule has 1 unspecified atom stereocenters. The summed E-state index contributed by atoms with van der Waals surface area (Å²) in [6.07, 6.45) is -0.715. The van der Waals surface area contributed by atoms with E-state index < -0.39 is 6.10 Å². The maximum absolute atomic E-state index is 13.5. The molecular weight excluding hydrogens is 366 g/mol. The molecule has 0 saturated carbocycles. The maximum atomic E-state index is 13.5. The van der Waals surface area contributed by atoms with Gasteiger partial charge in [-0.2, -0.15) is 0 Å². The largest absolute Gasteiger partial charge is 0.476 e. The minimum atomic E-state index is -0.715. The first-order chi connectivity index (χ1) is 14.2. The average molecular weight is 389 g/mol. The number of hydrogen-bond acceptors (Lipinski definition) is 4. The highest BCUT2D eigenvalue weighted by Gasteiger charge is 2.27. The van der Waals surface area contributed by atoms with Gasteiger partial charge in [-0.05, 0) is 36.8 Å². The molecule has 1 aliphatic rings. The van der Waals surface area contributed by atoms with E-state index in [4.69, 9.17) is 14.2 Å². The second-order valence-electron chi connectivity index (χ2n) is 6.76. The number of benzene rings is 3. The average Bonchev–Trinajstić information content (AvgIpc) is 3.24. The van der Waals surface area contributed by atoms with E-state index in [1.807, 2.05) is 85.8 Å². The molecular formula is C24H23NO4. The molecule has 0 aromatic heterocycles. The molecule has 0 fully saturated rings. The standard InChI is InChI=1S/C24H23NO4/c1-2-25(16-18-13-14-21-22(15-18)28-17-27-21)24(26)23(19-9-5-3-6-10-19)29-20-11-7-4-8-12-20/h3-15,23H,2,16-17H2,1H3. The Labute approximate surface area is 170 Å². The van der Waals surface area contributed by atoms with E-state index in [0.29, 0.717) is 24.6 Å². The van der Waals surface area contributed by atoms with Crippen molar-refractivity contribution in [2.45, 2.75) is 19.6 Å². The van der Waals surface area contributed by atoms with Crippen molar-refractivity contribution in [3.05, 3.63) is 90.0 Å². The number of carbonyl (C=O) groups is 1. The molecule has 0 spiro atoms. The Morgan fingerprint density at radius 2 is 1.66 bits per heavy atom. The Morgan fingerprint density at radius 1 is 0.966 bits per heavy atom. The van der Waals surface area contributed by atoms with Gasteiger partial charge in [0.25, 0.3) is 5.91 Å². The van der Waals surface area contributed by atoms with Gasteiger partial charge < -0.3 is 19.1 Å². The van der Waals surface area contributed by atoms with Crippen LogP contribution in [-0.4, -0.2) is 24.1 Å². The molecule has 5 nitrogen and oxygen atoms in total. The molecule has 0 aliphatic carbocycles. The van der Waals surface area contributed by atoms with Crippen LogP contribution in [-0.2, 0) is 11.3 Å². The second-order valence-corrected chi connectivity index (χ2v) is 6.76. The molecule has 4 rings (SSSR count). The van der Waals surface area contributed by atoms with Crippen LogP contribution in [0.25, 0.3) is 0 Å². The molecule has 1 amide bonds. The van der Waals surface area contributed by atoms with Crippen molar-refractivity contribution >= 4 is 5.91 Å². The maximum Gasteiger partial charge on any atom is 0.268 e. The van der Waals surface area contributed by atoms with Crippen LogP contribution in [0.5, 0.6) is 17.2 Å². The monoisotopic (exact) mass is 389 g/mol. The van der Waals surface area contributed by atoms with E-state index in [2.05, 4.69) is 0 Å². The van der Waals surface area contributed by atoms with Crippen molar-refractivity contribution in [2.75, 3.05) is 13.3 Å². The van der Waals surface area contributed by atoms with Gasteiger partial charge in [-0.1, -0.05) is 54.6 Å². The highest BCUT2D eigenvalue weighted by molar-refractivity contribution is 5.82. The first kappa shape index (κ1) is 18.9. The van der Waals surface area contributed by atoms with Crippen molar-refractivity contribution in [1.82, 2.24) is 4.90 Å². The Hall–Kier alpha value is -3.47. The van der Waals surface area contributed by atoms with Crippen LogP contribution >= 0.6 is 0 Å². The SMILES string of the molecule is CCN(Cc1ccc2c(c1)OCO2)C(=O)C(Oc1ccccc1)c1ccccc1. The van der Waals surface area contributed by atoms with Crippen LogP contribution in [0.3, 0.4) is 0 Å². The third kappa shape index (κ3) is 4.35.